The first-order chi connectivity index (χ1) is 10.2. The lowest BCUT2D eigenvalue weighted by Crippen LogP contribution is -2.11. The van der Waals surface area contributed by atoms with E-state index in [1.54, 1.807) is 13.3 Å². The van der Waals surface area contributed by atoms with Crippen molar-refractivity contribution in [1.29, 1.82) is 0 Å². The van der Waals surface area contributed by atoms with Gasteiger partial charge in [0.15, 0.2) is 0 Å². The van der Waals surface area contributed by atoms with Crippen LogP contribution in [0.5, 0.6) is 0 Å². The summed E-state index contributed by atoms with van der Waals surface area (Å²) in [7, 11) is 1.68. The van der Waals surface area contributed by atoms with E-state index in [9.17, 15) is 0 Å². The van der Waals surface area contributed by atoms with Gasteiger partial charge in [0, 0.05) is 32.5 Å². The van der Waals surface area contributed by atoms with Gasteiger partial charge in [-0.3, -0.25) is 4.98 Å². The van der Waals surface area contributed by atoms with Crippen molar-refractivity contribution < 1.29 is 4.74 Å². The van der Waals surface area contributed by atoms with Crippen LogP contribution in [0.15, 0.2) is 24.5 Å². The van der Waals surface area contributed by atoms with Gasteiger partial charge in [0.05, 0.1) is 15.9 Å². The Morgan fingerprint density at radius 2 is 2.19 bits per heavy atom. The average molecular weight is 398 g/mol. The number of hydrogen-bond donors (Lipinski definition) is 1. The highest BCUT2D eigenvalue weighted by atomic mass is 127. The molecule has 0 saturated heterocycles. The molecule has 0 fully saturated rings. The molecule has 0 unspecified atom stereocenters. The maximum absolute atomic E-state index is 5.24. The van der Waals surface area contributed by atoms with E-state index in [1.807, 2.05) is 18.3 Å². The molecule has 2 aromatic rings. The summed E-state index contributed by atoms with van der Waals surface area (Å²) in [6.45, 7) is 3.51. The van der Waals surface area contributed by atoms with Crippen LogP contribution in [0.4, 0.5) is 5.82 Å². The Morgan fingerprint density at radius 1 is 1.33 bits per heavy atom. The fourth-order valence-electron chi connectivity index (χ4n) is 1.90. The average Bonchev–Trinajstić information content (AvgIpc) is 2.50. The highest BCUT2D eigenvalue weighted by molar-refractivity contribution is 14.1. The molecule has 2 aromatic heterocycles. The van der Waals surface area contributed by atoms with Crippen molar-refractivity contribution in [2.24, 2.45) is 0 Å². The Kier molecular flexibility index (Phi) is 6.31. The minimum Gasteiger partial charge on any atom is -0.378 e. The lowest BCUT2D eigenvalue weighted by molar-refractivity contribution is 0.180. The molecule has 0 aliphatic rings. The van der Waals surface area contributed by atoms with Gasteiger partial charge >= 0.3 is 0 Å². The third-order valence-corrected chi connectivity index (χ3v) is 4.01. The summed E-state index contributed by atoms with van der Waals surface area (Å²) < 4.78 is 6.26. The van der Waals surface area contributed by atoms with Gasteiger partial charge in [-0.15, -0.1) is 0 Å². The van der Waals surface area contributed by atoms with Gasteiger partial charge in [-0.25, -0.2) is 9.97 Å². The summed E-state index contributed by atoms with van der Waals surface area (Å²) >= 11 is 2.27. The third kappa shape index (κ3) is 4.60. The first kappa shape index (κ1) is 16.1. The lowest BCUT2D eigenvalue weighted by atomic mass is 10.2. The zero-order valence-electron chi connectivity index (χ0n) is 12.3. The Morgan fingerprint density at radius 3 is 2.86 bits per heavy atom. The van der Waals surface area contributed by atoms with Crippen LogP contribution in [0, 0.1) is 3.57 Å². The molecule has 0 amide bonds. The minimum atomic E-state index is 0.488. The van der Waals surface area contributed by atoms with E-state index in [-0.39, 0.29) is 0 Å². The largest absolute Gasteiger partial charge is 0.378 e. The van der Waals surface area contributed by atoms with Crippen molar-refractivity contribution in [3.8, 4) is 0 Å². The maximum atomic E-state index is 5.24. The predicted octanol–water partition coefficient (Wildman–Crippen LogP) is 3.04. The number of anilines is 1. The number of halogens is 1. The van der Waals surface area contributed by atoms with Crippen LogP contribution < -0.4 is 5.32 Å². The topological polar surface area (TPSA) is 59.9 Å². The van der Waals surface area contributed by atoms with Crippen LogP contribution in [0.1, 0.15) is 30.4 Å². The van der Waals surface area contributed by atoms with E-state index in [0.29, 0.717) is 13.0 Å². The van der Waals surface area contributed by atoms with Crippen LogP contribution in [0.3, 0.4) is 0 Å². The van der Waals surface area contributed by atoms with Crippen molar-refractivity contribution >= 4 is 28.4 Å². The Labute approximate surface area is 138 Å². The Balaban J connectivity index is 2.29. The second kappa shape index (κ2) is 8.23. The van der Waals surface area contributed by atoms with Crippen molar-refractivity contribution in [3.63, 3.8) is 0 Å². The molecule has 0 aromatic carbocycles. The summed E-state index contributed by atoms with van der Waals surface area (Å²) in [5.41, 5.74) is 2.02. The number of aromatic nitrogens is 3. The third-order valence-electron chi connectivity index (χ3n) is 2.87. The molecule has 0 atom stereocenters. The summed E-state index contributed by atoms with van der Waals surface area (Å²) in [5.74, 6) is 1.67. The van der Waals surface area contributed by atoms with Crippen LogP contribution in [-0.2, 0) is 17.8 Å². The summed E-state index contributed by atoms with van der Waals surface area (Å²) in [4.78, 5) is 13.4. The van der Waals surface area contributed by atoms with E-state index in [1.165, 1.54) is 0 Å². The number of ether oxygens (including phenoxy) is 1. The van der Waals surface area contributed by atoms with Crippen LogP contribution in [-0.4, -0.2) is 28.6 Å². The maximum Gasteiger partial charge on any atom is 0.143 e. The van der Waals surface area contributed by atoms with Gasteiger partial charge in [0.2, 0.25) is 0 Å². The number of hydrogen-bond acceptors (Lipinski definition) is 5. The van der Waals surface area contributed by atoms with Gasteiger partial charge < -0.3 is 10.1 Å². The van der Waals surface area contributed by atoms with E-state index >= 15 is 0 Å². The van der Waals surface area contributed by atoms with E-state index in [4.69, 9.17) is 4.74 Å². The fraction of sp³-hybridized carbons (Fsp3) is 0.400. The normalized spacial score (nSPS) is 10.6. The molecule has 0 saturated carbocycles. The molecule has 21 heavy (non-hydrogen) atoms. The second-order valence-electron chi connectivity index (χ2n) is 4.65. The standard InChI is InChI=1S/C15H19IN4O/c1-3-6-18-15-14(16)12(10-21-2)19-13(20-15)8-11-5-4-7-17-9-11/h4-5,7,9H,3,6,8,10H2,1-2H3,(H,18,19,20). The monoisotopic (exact) mass is 398 g/mol. The van der Waals surface area contributed by atoms with Crippen LogP contribution >= 0.6 is 22.6 Å². The smallest absolute Gasteiger partial charge is 0.143 e. The zero-order chi connectivity index (χ0) is 15.1. The molecule has 0 bridgehead atoms. The molecule has 0 radical (unpaired) electrons. The van der Waals surface area contributed by atoms with Crippen LogP contribution in [0.2, 0.25) is 0 Å². The molecular formula is C15H19IN4O. The van der Waals surface area contributed by atoms with Gasteiger partial charge in [-0.05, 0) is 40.6 Å². The predicted molar refractivity (Wildman–Crippen MR) is 91.3 cm³/mol. The second-order valence-corrected chi connectivity index (χ2v) is 5.73. The quantitative estimate of drug-likeness (QED) is 0.727. The zero-order valence-corrected chi connectivity index (χ0v) is 14.4. The van der Waals surface area contributed by atoms with Gasteiger partial charge in [0.1, 0.15) is 11.6 Å². The molecule has 0 spiro atoms. The number of nitrogens with zero attached hydrogens (tertiary/aromatic N) is 3. The number of nitrogens with one attached hydrogen (secondary N) is 1. The lowest BCUT2D eigenvalue weighted by Gasteiger charge is -2.12. The van der Waals surface area contributed by atoms with Crippen LogP contribution in [0.25, 0.3) is 0 Å². The number of methoxy groups -OCH3 is 1. The number of rotatable bonds is 7. The van der Waals surface area contributed by atoms with Gasteiger partial charge in [0.25, 0.3) is 0 Å². The van der Waals surface area contributed by atoms with Crippen molar-refractivity contribution in [2.45, 2.75) is 26.4 Å². The molecular weight excluding hydrogens is 379 g/mol. The molecule has 0 aliphatic carbocycles. The van der Waals surface area contributed by atoms with E-state index < -0.39 is 0 Å². The summed E-state index contributed by atoms with van der Waals surface area (Å²) in [5, 5.41) is 3.36. The Hall–Kier alpha value is -1.28. The van der Waals surface area contributed by atoms with Gasteiger partial charge in [-0.2, -0.15) is 0 Å². The highest BCUT2D eigenvalue weighted by Gasteiger charge is 2.12. The van der Waals surface area contributed by atoms with Crippen molar-refractivity contribution in [3.05, 3.63) is 45.2 Å². The highest BCUT2D eigenvalue weighted by Crippen LogP contribution is 2.21. The van der Waals surface area contributed by atoms with E-state index in [2.05, 4.69) is 49.8 Å². The summed E-state index contributed by atoms with van der Waals surface area (Å²) in [6.07, 6.45) is 5.33. The van der Waals surface area contributed by atoms with Crippen molar-refractivity contribution in [2.75, 3.05) is 19.0 Å². The first-order valence-electron chi connectivity index (χ1n) is 6.91. The number of pyridine rings is 1. The first-order valence-corrected chi connectivity index (χ1v) is 7.99. The van der Waals surface area contributed by atoms with E-state index in [0.717, 1.165) is 39.4 Å². The summed E-state index contributed by atoms with van der Waals surface area (Å²) in [6, 6.07) is 3.96. The molecule has 1 N–H and O–H groups in total. The molecule has 2 rings (SSSR count). The molecule has 112 valence electrons. The fourth-order valence-corrected chi connectivity index (χ4v) is 2.49. The van der Waals surface area contributed by atoms with Crippen molar-refractivity contribution in [1.82, 2.24) is 15.0 Å². The minimum absolute atomic E-state index is 0.488. The SMILES string of the molecule is CCCNc1nc(Cc2cccnc2)nc(COC)c1I. The van der Waals surface area contributed by atoms with Gasteiger partial charge in [-0.1, -0.05) is 13.0 Å². The molecule has 2 heterocycles. The Bertz CT molecular complexity index is 577. The molecule has 0 aliphatic heterocycles. The molecule has 5 nitrogen and oxygen atoms in total. The molecule has 6 heteroatoms.